The van der Waals surface area contributed by atoms with Crippen LogP contribution in [0.3, 0.4) is 0 Å². The Morgan fingerprint density at radius 3 is 2.54 bits per heavy atom. The van der Waals surface area contributed by atoms with Gasteiger partial charge in [-0.05, 0) is 36.2 Å². The highest BCUT2D eigenvalue weighted by Gasteiger charge is 2.17. The minimum Gasteiger partial charge on any atom is -0.508 e. The van der Waals surface area contributed by atoms with E-state index in [1.54, 1.807) is 6.07 Å². The summed E-state index contributed by atoms with van der Waals surface area (Å²) in [5.74, 6) is -2.30. The molecular formula is C18H15ClN2O5. The molecule has 0 bridgehead atoms. The predicted octanol–water partition coefficient (Wildman–Crippen LogP) is 3.86. The summed E-state index contributed by atoms with van der Waals surface area (Å²) in [7, 11) is 0. The van der Waals surface area contributed by atoms with Gasteiger partial charge in [0, 0.05) is 11.3 Å². The third-order valence-corrected chi connectivity index (χ3v) is 3.74. The number of carboxylic acid groups (broad SMARTS) is 1. The Morgan fingerprint density at radius 1 is 1.27 bits per heavy atom. The van der Waals surface area contributed by atoms with Crippen molar-refractivity contribution < 1.29 is 24.5 Å². The molecule has 3 N–H and O–H groups in total. The van der Waals surface area contributed by atoms with Crippen molar-refractivity contribution in [3.05, 3.63) is 46.5 Å². The number of hydrogen-bond donors (Lipinski definition) is 3. The number of aliphatic carboxylic acids is 1. The lowest BCUT2D eigenvalue weighted by molar-refractivity contribution is -0.147. The van der Waals surface area contributed by atoms with Gasteiger partial charge in [0.1, 0.15) is 17.6 Å². The van der Waals surface area contributed by atoms with Gasteiger partial charge in [0.15, 0.2) is 5.75 Å². The number of phenolic OH excluding ortho intramolecular Hbond substituents is 1. The highest BCUT2D eigenvalue weighted by Crippen LogP contribution is 2.37. The number of carbonyl (C=O) groups is 2. The van der Waals surface area contributed by atoms with E-state index in [4.69, 9.17) is 21.4 Å². The van der Waals surface area contributed by atoms with Crippen LogP contribution in [0.2, 0.25) is 5.02 Å². The Balaban J connectivity index is 2.39. The molecule has 0 saturated heterocycles. The van der Waals surface area contributed by atoms with E-state index in [1.807, 2.05) is 19.9 Å². The lowest BCUT2D eigenvalue weighted by atomic mass is 10.0. The van der Waals surface area contributed by atoms with Gasteiger partial charge in [-0.15, -0.1) is 0 Å². The summed E-state index contributed by atoms with van der Waals surface area (Å²) >= 11 is 6.14. The average Bonchev–Trinajstić information content (AvgIpc) is 2.57. The minimum atomic E-state index is -1.66. The molecule has 2 rings (SSSR count). The first-order chi connectivity index (χ1) is 12.2. The lowest BCUT2D eigenvalue weighted by Gasteiger charge is -2.14. The van der Waals surface area contributed by atoms with E-state index in [-0.39, 0.29) is 33.7 Å². The third-order valence-electron chi connectivity index (χ3n) is 3.46. The van der Waals surface area contributed by atoms with Crippen LogP contribution in [0.1, 0.15) is 30.9 Å². The van der Waals surface area contributed by atoms with E-state index in [2.05, 4.69) is 5.32 Å². The van der Waals surface area contributed by atoms with Crippen molar-refractivity contribution in [3.8, 4) is 23.3 Å². The van der Waals surface area contributed by atoms with Crippen molar-refractivity contribution in [2.24, 2.45) is 0 Å². The summed E-state index contributed by atoms with van der Waals surface area (Å²) in [6.07, 6.45) is 0. The number of nitrogens with one attached hydrogen (secondary N) is 1. The maximum Gasteiger partial charge on any atom is 0.394 e. The fraction of sp³-hybridized carbons (Fsp3) is 0.167. The van der Waals surface area contributed by atoms with Crippen molar-refractivity contribution in [1.29, 1.82) is 5.26 Å². The second-order valence-electron chi connectivity index (χ2n) is 5.68. The molecule has 0 spiro atoms. The zero-order valence-electron chi connectivity index (χ0n) is 13.9. The number of nitriles is 1. The zero-order chi connectivity index (χ0) is 19.4. The van der Waals surface area contributed by atoms with E-state index in [0.717, 1.165) is 0 Å². The number of anilines is 1. The van der Waals surface area contributed by atoms with Crippen molar-refractivity contribution in [3.63, 3.8) is 0 Å². The molecule has 0 radical (unpaired) electrons. The molecule has 26 heavy (non-hydrogen) atoms. The Hall–Kier alpha value is -3.24. The summed E-state index contributed by atoms with van der Waals surface area (Å²) in [6, 6.07) is 9.07. The number of carboxylic acids is 1. The molecular weight excluding hydrogens is 360 g/mol. The zero-order valence-corrected chi connectivity index (χ0v) is 14.7. The van der Waals surface area contributed by atoms with Gasteiger partial charge in [-0.25, -0.2) is 4.79 Å². The highest BCUT2D eigenvalue weighted by atomic mass is 35.5. The summed E-state index contributed by atoms with van der Waals surface area (Å²) < 4.78 is 5.69. The molecule has 0 aromatic heterocycles. The average molecular weight is 375 g/mol. The molecule has 7 nitrogen and oxygen atoms in total. The van der Waals surface area contributed by atoms with Crippen LogP contribution >= 0.6 is 11.6 Å². The number of aromatic hydroxyl groups is 1. The second kappa shape index (κ2) is 7.76. The summed E-state index contributed by atoms with van der Waals surface area (Å²) in [5, 5.41) is 29.9. The number of benzene rings is 2. The fourth-order valence-electron chi connectivity index (χ4n) is 2.21. The van der Waals surface area contributed by atoms with Crippen LogP contribution in [0.25, 0.3) is 0 Å². The highest BCUT2D eigenvalue weighted by molar-refractivity contribution is 6.37. The van der Waals surface area contributed by atoms with Crippen molar-refractivity contribution in [2.45, 2.75) is 19.8 Å². The van der Waals surface area contributed by atoms with Crippen LogP contribution in [0.15, 0.2) is 30.3 Å². The predicted molar refractivity (Wildman–Crippen MR) is 94.7 cm³/mol. The van der Waals surface area contributed by atoms with E-state index < -0.39 is 11.9 Å². The van der Waals surface area contributed by atoms with Gasteiger partial charge in [-0.3, -0.25) is 4.79 Å². The van der Waals surface area contributed by atoms with Gasteiger partial charge in [-0.1, -0.05) is 25.4 Å². The molecule has 0 unspecified atom stereocenters. The molecule has 1 amide bonds. The van der Waals surface area contributed by atoms with E-state index in [9.17, 15) is 20.0 Å². The smallest absolute Gasteiger partial charge is 0.394 e. The molecule has 134 valence electrons. The molecule has 0 aliphatic rings. The first-order valence-electron chi connectivity index (χ1n) is 7.51. The van der Waals surface area contributed by atoms with Crippen LogP contribution in [0, 0.1) is 11.3 Å². The molecule has 0 saturated carbocycles. The Bertz CT molecular complexity index is 919. The standard InChI is InChI=1S/C18H15ClN2O5/c1-9(2)13-7-12(3-4-15(13)22)26-16-10(8-20)5-11(6-14(16)19)21-17(23)18(24)25/h3-7,9,22H,1-2H3,(H,21,23)(H,24,25). The summed E-state index contributed by atoms with van der Waals surface area (Å²) in [5.41, 5.74) is 0.736. The number of carbonyl (C=O) groups excluding carboxylic acids is 1. The van der Waals surface area contributed by atoms with Gasteiger partial charge in [-0.2, -0.15) is 5.26 Å². The van der Waals surface area contributed by atoms with Crippen LogP contribution in [-0.4, -0.2) is 22.1 Å². The second-order valence-corrected chi connectivity index (χ2v) is 6.09. The fourth-order valence-corrected chi connectivity index (χ4v) is 2.47. The minimum absolute atomic E-state index is 0.0114. The van der Waals surface area contributed by atoms with Gasteiger partial charge in [0.25, 0.3) is 0 Å². The number of halogens is 1. The molecule has 0 fully saturated rings. The third kappa shape index (κ3) is 4.23. The molecule has 0 heterocycles. The van der Waals surface area contributed by atoms with E-state index in [0.29, 0.717) is 11.3 Å². The maximum absolute atomic E-state index is 11.2. The molecule has 0 aliphatic carbocycles. The Kier molecular flexibility index (Phi) is 5.70. The number of amides is 1. The van der Waals surface area contributed by atoms with E-state index in [1.165, 1.54) is 24.3 Å². The SMILES string of the molecule is CC(C)c1cc(Oc2c(Cl)cc(NC(=O)C(=O)O)cc2C#N)ccc1O. The van der Waals surface area contributed by atoms with Gasteiger partial charge >= 0.3 is 11.9 Å². The topological polar surface area (TPSA) is 120 Å². The molecule has 2 aromatic carbocycles. The maximum atomic E-state index is 11.2. The van der Waals surface area contributed by atoms with Crippen molar-refractivity contribution >= 4 is 29.2 Å². The van der Waals surface area contributed by atoms with Crippen molar-refractivity contribution in [2.75, 3.05) is 5.32 Å². The van der Waals surface area contributed by atoms with Crippen LogP contribution in [0.5, 0.6) is 17.2 Å². The summed E-state index contributed by atoms with van der Waals surface area (Å²) in [4.78, 5) is 21.9. The van der Waals surface area contributed by atoms with Gasteiger partial charge in [0.05, 0.1) is 10.6 Å². The molecule has 0 aliphatic heterocycles. The van der Waals surface area contributed by atoms with Gasteiger partial charge < -0.3 is 20.3 Å². The number of hydrogen-bond acceptors (Lipinski definition) is 5. The molecule has 2 aromatic rings. The number of rotatable bonds is 4. The number of phenols is 1. The Labute approximate surface area is 154 Å². The van der Waals surface area contributed by atoms with Crippen LogP contribution < -0.4 is 10.1 Å². The molecule has 0 atom stereocenters. The normalized spacial score (nSPS) is 10.3. The largest absolute Gasteiger partial charge is 0.508 e. The molecule has 8 heteroatoms. The first-order valence-corrected chi connectivity index (χ1v) is 7.89. The summed E-state index contributed by atoms with van der Waals surface area (Å²) in [6.45, 7) is 3.82. The van der Waals surface area contributed by atoms with Crippen LogP contribution in [-0.2, 0) is 9.59 Å². The van der Waals surface area contributed by atoms with Gasteiger partial charge in [0.2, 0.25) is 0 Å². The monoisotopic (exact) mass is 374 g/mol. The number of nitrogens with zero attached hydrogens (tertiary/aromatic N) is 1. The first kappa shape index (κ1) is 19.1. The quantitative estimate of drug-likeness (QED) is 0.699. The van der Waals surface area contributed by atoms with Crippen LogP contribution in [0.4, 0.5) is 5.69 Å². The lowest BCUT2D eigenvalue weighted by Crippen LogP contribution is -2.21. The Morgan fingerprint density at radius 2 is 1.96 bits per heavy atom. The van der Waals surface area contributed by atoms with E-state index >= 15 is 0 Å². The van der Waals surface area contributed by atoms with Crippen molar-refractivity contribution in [1.82, 2.24) is 0 Å². The number of ether oxygens (including phenoxy) is 1.